The molecule has 0 saturated carbocycles. The number of benzene rings is 1. The van der Waals surface area contributed by atoms with E-state index in [1.807, 2.05) is 0 Å². The first kappa shape index (κ1) is 12.6. The minimum Gasteiger partial charge on any atom is -0.466 e. The van der Waals surface area contributed by atoms with Gasteiger partial charge >= 0.3 is 0 Å². The van der Waals surface area contributed by atoms with Gasteiger partial charge < -0.3 is 9.73 Å². The third-order valence-electron chi connectivity index (χ3n) is 2.46. The Morgan fingerprint density at radius 2 is 2.06 bits per heavy atom. The molecule has 0 aliphatic carbocycles. The Morgan fingerprint density at radius 3 is 2.61 bits per heavy atom. The highest BCUT2D eigenvalue weighted by atomic mass is 35.5. The van der Waals surface area contributed by atoms with Crippen molar-refractivity contribution in [2.75, 3.05) is 5.32 Å². The van der Waals surface area contributed by atoms with Gasteiger partial charge in [0.25, 0.3) is 5.91 Å². The predicted molar refractivity (Wildman–Crippen MR) is 67.5 cm³/mol. The van der Waals surface area contributed by atoms with E-state index < -0.39 is 11.7 Å². The molecule has 0 radical (unpaired) electrons. The number of nitrogens with one attached hydrogen (secondary N) is 1. The zero-order valence-electron chi connectivity index (χ0n) is 9.88. The number of rotatable bonds is 2. The molecule has 1 aromatic carbocycles. The molecule has 0 aliphatic heterocycles. The van der Waals surface area contributed by atoms with E-state index >= 15 is 0 Å². The first-order valence-corrected chi connectivity index (χ1v) is 5.68. The summed E-state index contributed by atoms with van der Waals surface area (Å²) in [5, 5.41) is 2.75. The molecule has 0 unspecified atom stereocenters. The molecule has 0 saturated heterocycles. The minimum absolute atomic E-state index is 0.0858. The second-order valence-corrected chi connectivity index (χ2v) is 4.34. The van der Waals surface area contributed by atoms with E-state index in [0.29, 0.717) is 17.1 Å². The molecule has 94 valence electrons. The molecular formula is C13H11ClFNO2. The Labute approximate surface area is 109 Å². The Bertz CT molecular complexity index is 607. The number of furan rings is 1. The monoisotopic (exact) mass is 267 g/mol. The molecule has 1 aromatic heterocycles. The molecule has 0 atom stereocenters. The van der Waals surface area contributed by atoms with Crippen molar-refractivity contribution in [3.63, 3.8) is 0 Å². The lowest BCUT2D eigenvalue weighted by Gasteiger charge is -2.05. The quantitative estimate of drug-likeness (QED) is 0.895. The fraction of sp³-hybridized carbons (Fsp3) is 0.154. The number of aryl methyl sites for hydroxylation is 2. The van der Waals surface area contributed by atoms with Crippen LogP contribution in [0.4, 0.5) is 10.1 Å². The molecular weight excluding hydrogens is 257 g/mol. The van der Waals surface area contributed by atoms with Crippen LogP contribution in [0, 0.1) is 19.7 Å². The average molecular weight is 268 g/mol. The van der Waals surface area contributed by atoms with Crippen LogP contribution < -0.4 is 5.32 Å². The van der Waals surface area contributed by atoms with E-state index in [1.165, 1.54) is 12.1 Å². The van der Waals surface area contributed by atoms with Crippen molar-refractivity contribution in [2.45, 2.75) is 13.8 Å². The SMILES string of the molecule is Cc1cc(C(=O)Nc2ccc(Cl)cc2F)c(C)o1. The summed E-state index contributed by atoms with van der Waals surface area (Å²) in [6, 6.07) is 5.68. The minimum atomic E-state index is -0.575. The second-order valence-electron chi connectivity index (χ2n) is 3.91. The van der Waals surface area contributed by atoms with Gasteiger partial charge in [-0.15, -0.1) is 0 Å². The lowest BCUT2D eigenvalue weighted by molar-refractivity contribution is 0.102. The van der Waals surface area contributed by atoms with Gasteiger partial charge in [0.1, 0.15) is 17.3 Å². The second kappa shape index (κ2) is 4.82. The van der Waals surface area contributed by atoms with Crippen molar-refractivity contribution in [1.29, 1.82) is 0 Å². The number of anilines is 1. The highest BCUT2D eigenvalue weighted by Crippen LogP contribution is 2.21. The van der Waals surface area contributed by atoms with Crippen molar-refractivity contribution in [2.24, 2.45) is 0 Å². The summed E-state index contributed by atoms with van der Waals surface area (Å²) in [5.74, 6) is 0.146. The molecule has 18 heavy (non-hydrogen) atoms. The normalized spacial score (nSPS) is 10.4. The van der Waals surface area contributed by atoms with Crippen LogP contribution in [0.3, 0.4) is 0 Å². The molecule has 3 nitrogen and oxygen atoms in total. The van der Waals surface area contributed by atoms with Gasteiger partial charge in [0.15, 0.2) is 0 Å². The van der Waals surface area contributed by atoms with Crippen LogP contribution in [-0.4, -0.2) is 5.91 Å². The summed E-state index contributed by atoms with van der Waals surface area (Å²) >= 11 is 5.63. The maximum atomic E-state index is 13.5. The first-order chi connectivity index (χ1) is 8.47. The number of amides is 1. The third-order valence-corrected chi connectivity index (χ3v) is 2.70. The highest BCUT2D eigenvalue weighted by molar-refractivity contribution is 6.30. The molecule has 5 heteroatoms. The molecule has 0 spiro atoms. The van der Waals surface area contributed by atoms with Crippen molar-refractivity contribution >= 4 is 23.2 Å². The maximum Gasteiger partial charge on any atom is 0.259 e. The highest BCUT2D eigenvalue weighted by Gasteiger charge is 2.15. The van der Waals surface area contributed by atoms with Crippen LogP contribution in [0.2, 0.25) is 5.02 Å². The number of halogens is 2. The lowest BCUT2D eigenvalue weighted by Crippen LogP contribution is -2.13. The maximum absolute atomic E-state index is 13.5. The van der Waals surface area contributed by atoms with Gasteiger partial charge in [0.2, 0.25) is 0 Å². The molecule has 1 N–H and O–H groups in total. The summed E-state index contributed by atoms with van der Waals surface area (Å²) in [7, 11) is 0. The number of hydrogen-bond acceptors (Lipinski definition) is 2. The molecule has 0 aliphatic rings. The summed E-state index contributed by atoms with van der Waals surface area (Å²) in [5.41, 5.74) is 0.476. The van der Waals surface area contributed by atoms with Crippen LogP contribution in [0.25, 0.3) is 0 Å². The van der Waals surface area contributed by atoms with Crippen LogP contribution in [0.15, 0.2) is 28.7 Å². The van der Waals surface area contributed by atoms with Crippen molar-refractivity contribution in [1.82, 2.24) is 0 Å². The molecule has 2 rings (SSSR count). The van der Waals surface area contributed by atoms with Crippen LogP contribution in [0.5, 0.6) is 0 Å². The number of carbonyl (C=O) groups is 1. The summed E-state index contributed by atoms with van der Waals surface area (Å²) in [6.07, 6.45) is 0. The van der Waals surface area contributed by atoms with Gasteiger partial charge in [-0.1, -0.05) is 11.6 Å². The Hall–Kier alpha value is -1.81. The largest absolute Gasteiger partial charge is 0.466 e. The number of carbonyl (C=O) groups excluding carboxylic acids is 1. The fourth-order valence-corrected chi connectivity index (χ4v) is 1.80. The summed E-state index contributed by atoms with van der Waals surface area (Å²) in [6.45, 7) is 3.42. The van der Waals surface area contributed by atoms with Gasteiger partial charge in [-0.25, -0.2) is 4.39 Å². The molecule has 1 heterocycles. The van der Waals surface area contributed by atoms with E-state index in [-0.39, 0.29) is 10.7 Å². The van der Waals surface area contributed by atoms with Gasteiger partial charge in [-0.05, 0) is 38.1 Å². The van der Waals surface area contributed by atoms with Crippen molar-refractivity contribution in [3.8, 4) is 0 Å². The van der Waals surface area contributed by atoms with Gasteiger partial charge in [0.05, 0.1) is 11.3 Å². The van der Waals surface area contributed by atoms with Crippen LogP contribution >= 0.6 is 11.6 Å². The predicted octanol–water partition coefficient (Wildman–Crippen LogP) is 3.94. The van der Waals surface area contributed by atoms with E-state index in [4.69, 9.17) is 16.0 Å². The van der Waals surface area contributed by atoms with Crippen LogP contribution in [0.1, 0.15) is 21.9 Å². The summed E-state index contributed by atoms with van der Waals surface area (Å²) < 4.78 is 18.8. The van der Waals surface area contributed by atoms with E-state index in [1.54, 1.807) is 19.9 Å². The smallest absolute Gasteiger partial charge is 0.259 e. The Kier molecular flexibility index (Phi) is 3.39. The fourth-order valence-electron chi connectivity index (χ4n) is 1.64. The van der Waals surface area contributed by atoms with E-state index in [0.717, 1.165) is 6.07 Å². The molecule has 2 aromatic rings. The molecule has 0 fully saturated rings. The molecule has 1 amide bonds. The van der Waals surface area contributed by atoms with Gasteiger partial charge in [0, 0.05) is 5.02 Å². The third kappa shape index (κ3) is 2.54. The Balaban J connectivity index is 2.24. The van der Waals surface area contributed by atoms with Gasteiger partial charge in [-0.3, -0.25) is 4.79 Å². The lowest BCUT2D eigenvalue weighted by atomic mass is 10.2. The number of hydrogen-bond donors (Lipinski definition) is 1. The molecule has 0 bridgehead atoms. The van der Waals surface area contributed by atoms with E-state index in [2.05, 4.69) is 5.32 Å². The topological polar surface area (TPSA) is 42.2 Å². The zero-order valence-corrected chi connectivity index (χ0v) is 10.6. The average Bonchev–Trinajstić information content (AvgIpc) is 2.62. The van der Waals surface area contributed by atoms with Gasteiger partial charge in [-0.2, -0.15) is 0 Å². The standard InChI is InChI=1S/C13H11ClFNO2/c1-7-5-10(8(2)18-7)13(17)16-12-4-3-9(14)6-11(12)15/h3-6H,1-2H3,(H,16,17). The Morgan fingerprint density at radius 1 is 1.33 bits per heavy atom. The zero-order chi connectivity index (χ0) is 13.3. The van der Waals surface area contributed by atoms with Crippen molar-refractivity contribution in [3.05, 3.63) is 52.2 Å². The summed E-state index contributed by atoms with van der Waals surface area (Å²) in [4.78, 5) is 11.9. The van der Waals surface area contributed by atoms with E-state index in [9.17, 15) is 9.18 Å². The first-order valence-electron chi connectivity index (χ1n) is 5.31. The van der Waals surface area contributed by atoms with Crippen LogP contribution in [-0.2, 0) is 0 Å². The van der Waals surface area contributed by atoms with Crippen molar-refractivity contribution < 1.29 is 13.6 Å².